The van der Waals surface area contributed by atoms with Gasteiger partial charge in [-0.2, -0.15) is 0 Å². The molecule has 1 aliphatic rings. The van der Waals surface area contributed by atoms with Crippen LogP contribution in [-0.4, -0.2) is 9.97 Å². The Balaban J connectivity index is 2.11. The quantitative estimate of drug-likeness (QED) is 0.791. The number of nitrogens with zero attached hydrogens (tertiary/aromatic N) is 2. The molecule has 1 aliphatic carbocycles. The molecule has 0 saturated carbocycles. The van der Waals surface area contributed by atoms with Crippen LogP contribution in [0.2, 0.25) is 0 Å². The maximum absolute atomic E-state index is 4.68. The van der Waals surface area contributed by atoms with Gasteiger partial charge in [-0.1, -0.05) is 6.92 Å². The van der Waals surface area contributed by atoms with Crippen LogP contribution in [0, 0.1) is 0 Å². The first-order chi connectivity index (χ1) is 7.88. The van der Waals surface area contributed by atoms with E-state index in [1.165, 1.54) is 41.5 Å². The highest BCUT2D eigenvalue weighted by Gasteiger charge is 2.16. The maximum Gasteiger partial charge on any atom is 0.129 e. The minimum absolute atomic E-state index is 0.999. The van der Waals surface area contributed by atoms with Crippen molar-refractivity contribution < 1.29 is 0 Å². The number of fused-ring (bicyclic) bond motifs is 3. The van der Waals surface area contributed by atoms with Crippen molar-refractivity contribution in [1.82, 2.24) is 9.97 Å². The molecular weight excluding hydrogens is 216 g/mol. The minimum atomic E-state index is 0.999. The Kier molecular flexibility index (Phi) is 2.64. The number of hydrogen-bond donors (Lipinski definition) is 0. The van der Waals surface area contributed by atoms with Gasteiger partial charge < -0.3 is 0 Å². The molecule has 0 radical (unpaired) electrons. The molecule has 0 fully saturated rings. The summed E-state index contributed by atoms with van der Waals surface area (Å²) in [6.07, 6.45) is 9.32. The van der Waals surface area contributed by atoms with Crippen LogP contribution in [0.25, 0.3) is 10.2 Å². The fourth-order valence-electron chi connectivity index (χ4n) is 2.42. The molecule has 3 rings (SSSR count). The fourth-order valence-corrected chi connectivity index (χ4v) is 3.67. The lowest BCUT2D eigenvalue weighted by atomic mass is 9.97. The van der Waals surface area contributed by atoms with Crippen LogP contribution in [0.4, 0.5) is 0 Å². The van der Waals surface area contributed by atoms with E-state index in [2.05, 4.69) is 16.9 Å². The first-order valence-electron chi connectivity index (χ1n) is 6.14. The lowest BCUT2D eigenvalue weighted by Crippen LogP contribution is -1.98. The molecule has 2 heterocycles. The first kappa shape index (κ1) is 10.2. The fraction of sp³-hybridized carbons (Fsp3) is 0.538. The van der Waals surface area contributed by atoms with Crippen LogP contribution in [0.15, 0.2) is 6.20 Å². The SMILES string of the molecule is CCCc1ncc2c3c(sc2n1)CCCC3. The highest BCUT2D eigenvalue weighted by atomic mass is 32.1. The summed E-state index contributed by atoms with van der Waals surface area (Å²) in [6, 6.07) is 0. The van der Waals surface area contributed by atoms with Gasteiger partial charge >= 0.3 is 0 Å². The molecule has 16 heavy (non-hydrogen) atoms. The van der Waals surface area contributed by atoms with Gasteiger partial charge in [0.15, 0.2) is 0 Å². The summed E-state index contributed by atoms with van der Waals surface area (Å²) in [5, 5.41) is 1.32. The van der Waals surface area contributed by atoms with Crippen LogP contribution in [0.5, 0.6) is 0 Å². The zero-order valence-electron chi connectivity index (χ0n) is 9.62. The van der Waals surface area contributed by atoms with Crippen molar-refractivity contribution >= 4 is 21.6 Å². The monoisotopic (exact) mass is 232 g/mol. The van der Waals surface area contributed by atoms with Crippen molar-refractivity contribution in [3.63, 3.8) is 0 Å². The smallest absolute Gasteiger partial charge is 0.129 e. The van der Waals surface area contributed by atoms with E-state index in [4.69, 9.17) is 0 Å². The summed E-state index contributed by atoms with van der Waals surface area (Å²) in [5.74, 6) is 1.01. The van der Waals surface area contributed by atoms with E-state index in [1.54, 1.807) is 4.88 Å². The van der Waals surface area contributed by atoms with Gasteiger partial charge in [-0.3, -0.25) is 0 Å². The van der Waals surface area contributed by atoms with E-state index in [0.717, 1.165) is 18.7 Å². The molecular formula is C13H16N2S. The van der Waals surface area contributed by atoms with E-state index in [0.29, 0.717) is 0 Å². The number of rotatable bonds is 2. The molecule has 0 unspecified atom stereocenters. The minimum Gasteiger partial charge on any atom is -0.241 e. The maximum atomic E-state index is 4.68. The summed E-state index contributed by atoms with van der Waals surface area (Å²) in [4.78, 5) is 11.9. The molecule has 84 valence electrons. The molecule has 0 aliphatic heterocycles. The van der Waals surface area contributed by atoms with Gasteiger partial charge in [0, 0.05) is 22.9 Å². The lowest BCUT2D eigenvalue weighted by molar-refractivity contribution is 0.700. The molecule has 0 aromatic carbocycles. The second kappa shape index (κ2) is 4.13. The Hall–Kier alpha value is -0.960. The Morgan fingerprint density at radius 1 is 1.31 bits per heavy atom. The van der Waals surface area contributed by atoms with E-state index in [-0.39, 0.29) is 0 Å². The van der Waals surface area contributed by atoms with E-state index < -0.39 is 0 Å². The predicted molar refractivity (Wildman–Crippen MR) is 68.1 cm³/mol. The largest absolute Gasteiger partial charge is 0.241 e. The van der Waals surface area contributed by atoms with Crippen molar-refractivity contribution in [2.24, 2.45) is 0 Å². The van der Waals surface area contributed by atoms with Crippen molar-refractivity contribution in [2.45, 2.75) is 45.4 Å². The van der Waals surface area contributed by atoms with Crippen molar-refractivity contribution in [1.29, 1.82) is 0 Å². The summed E-state index contributed by atoms with van der Waals surface area (Å²) < 4.78 is 0. The third-order valence-corrected chi connectivity index (χ3v) is 4.44. The Morgan fingerprint density at radius 3 is 3.06 bits per heavy atom. The number of thiophene rings is 1. The summed E-state index contributed by atoms with van der Waals surface area (Å²) in [6.45, 7) is 2.17. The molecule has 2 aromatic heterocycles. The van der Waals surface area contributed by atoms with Crippen LogP contribution >= 0.6 is 11.3 Å². The molecule has 2 nitrogen and oxygen atoms in total. The second-order valence-corrected chi connectivity index (χ2v) is 5.55. The Bertz CT molecular complexity index is 516. The zero-order valence-corrected chi connectivity index (χ0v) is 10.4. The van der Waals surface area contributed by atoms with Crippen LogP contribution in [-0.2, 0) is 19.3 Å². The molecule has 0 spiro atoms. The van der Waals surface area contributed by atoms with Gasteiger partial charge in [0.1, 0.15) is 10.7 Å². The first-order valence-corrected chi connectivity index (χ1v) is 6.96. The van der Waals surface area contributed by atoms with Gasteiger partial charge in [0.05, 0.1) is 0 Å². The number of aromatic nitrogens is 2. The van der Waals surface area contributed by atoms with Crippen LogP contribution in [0.1, 0.15) is 42.5 Å². The average molecular weight is 232 g/mol. The molecule has 3 heteroatoms. The van der Waals surface area contributed by atoms with Gasteiger partial charge in [-0.15, -0.1) is 11.3 Å². The Labute approximate surface area is 99.7 Å². The molecule has 2 aromatic rings. The predicted octanol–water partition coefficient (Wildman–Crippen LogP) is 3.52. The van der Waals surface area contributed by atoms with Crippen molar-refractivity contribution in [3.8, 4) is 0 Å². The summed E-state index contributed by atoms with van der Waals surface area (Å²) >= 11 is 1.89. The topological polar surface area (TPSA) is 25.8 Å². The molecule has 0 bridgehead atoms. The molecule has 0 saturated heterocycles. The van der Waals surface area contributed by atoms with Crippen molar-refractivity contribution in [3.05, 3.63) is 22.5 Å². The van der Waals surface area contributed by atoms with Gasteiger partial charge in [-0.25, -0.2) is 9.97 Å². The third kappa shape index (κ3) is 1.63. The van der Waals surface area contributed by atoms with Crippen molar-refractivity contribution in [2.75, 3.05) is 0 Å². The van der Waals surface area contributed by atoms with Gasteiger partial charge in [0.25, 0.3) is 0 Å². The summed E-state index contributed by atoms with van der Waals surface area (Å²) in [7, 11) is 0. The third-order valence-electron chi connectivity index (χ3n) is 3.24. The van der Waals surface area contributed by atoms with Gasteiger partial charge in [-0.05, 0) is 37.7 Å². The number of hydrogen-bond acceptors (Lipinski definition) is 3. The standard InChI is InChI=1S/C13H16N2S/c1-2-5-12-14-8-10-9-6-3-4-7-11(9)16-13(10)15-12/h8H,2-7H2,1H3. The number of aryl methyl sites for hydroxylation is 3. The Morgan fingerprint density at radius 2 is 2.19 bits per heavy atom. The van der Waals surface area contributed by atoms with E-state index >= 15 is 0 Å². The average Bonchev–Trinajstić information content (AvgIpc) is 2.67. The lowest BCUT2D eigenvalue weighted by Gasteiger charge is -2.09. The van der Waals surface area contributed by atoms with Gasteiger partial charge in [0.2, 0.25) is 0 Å². The highest BCUT2D eigenvalue weighted by molar-refractivity contribution is 7.18. The molecule has 0 N–H and O–H groups in total. The van der Waals surface area contributed by atoms with E-state index in [9.17, 15) is 0 Å². The molecule has 0 amide bonds. The molecule has 0 atom stereocenters. The van der Waals surface area contributed by atoms with Crippen LogP contribution in [0.3, 0.4) is 0 Å². The van der Waals surface area contributed by atoms with E-state index in [1.807, 2.05) is 17.5 Å². The summed E-state index contributed by atoms with van der Waals surface area (Å²) in [5.41, 5.74) is 1.54. The normalized spacial score (nSPS) is 15.3. The zero-order chi connectivity index (χ0) is 11.0. The second-order valence-electron chi connectivity index (χ2n) is 4.47. The highest BCUT2D eigenvalue weighted by Crippen LogP contribution is 2.34. The van der Waals surface area contributed by atoms with Crippen LogP contribution < -0.4 is 0 Å².